The predicted octanol–water partition coefficient (Wildman–Crippen LogP) is 3.15. The minimum atomic E-state index is -0.587. The summed E-state index contributed by atoms with van der Waals surface area (Å²) in [5, 5.41) is 12.2. The van der Waals surface area contributed by atoms with Crippen molar-refractivity contribution in [3.8, 4) is 0 Å². The third kappa shape index (κ3) is 2.32. The van der Waals surface area contributed by atoms with E-state index in [-0.39, 0.29) is 0 Å². The van der Waals surface area contributed by atoms with E-state index >= 15 is 0 Å². The van der Waals surface area contributed by atoms with Crippen LogP contribution in [-0.4, -0.2) is 5.11 Å². The lowest BCUT2D eigenvalue weighted by Crippen LogP contribution is -2.19. The highest BCUT2D eigenvalue weighted by Crippen LogP contribution is 2.38. The van der Waals surface area contributed by atoms with E-state index in [4.69, 9.17) is 0 Å². The quantitative estimate of drug-likeness (QED) is 0.784. The molecule has 1 unspecified atom stereocenters. The summed E-state index contributed by atoms with van der Waals surface area (Å²) in [7, 11) is 0. The van der Waals surface area contributed by atoms with E-state index in [9.17, 15) is 5.11 Å². The molecule has 1 aromatic heterocycles. The number of rotatable bonds is 4. The lowest BCUT2D eigenvalue weighted by Gasteiger charge is -2.21. The normalized spacial score (nSPS) is 21.4. The highest BCUT2D eigenvalue weighted by atomic mass is 32.1. The molecule has 2 heteroatoms. The molecule has 0 aromatic carbocycles. The Balaban J connectivity index is 1.93. The van der Waals surface area contributed by atoms with Crippen LogP contribution in [0.2, 0.25) is 0 Å². The molecular weight excluding hydrogens is 180 g/mol. The molecule has 0 spiro atoms. The maximum atomic E-state index is 10.2. The molecule has 1 heterocycles. The van der Waals surface area contributed by atoms with Gasteiger partial charge in [0.2, 0.25) is 0 Å². The molecule has 1 saturated carbocycles. The van der Waals surface area contributed by atoms with Gasteiger partial charge in [0.1, 0.15) is 0 Å². The maximum Gasteiger partial charge on any atom is 0.0960 e. The minimum absolute atomic E-state index is 0.587. The van der Waals surface area contributed by atoms with Crippen molar-refractivity contribution in [1.29, 1.82) is 0 Å². The summed E-state index contributed by atoms with van der Waals surface area (Å²) >= 11 is 1.65. The van der Waals surface area contributed by atoms with Crippen LogP contribution in [0.25, 0.3) is 0 Å². The van der Waals surface area contributed by atoms with Gasteiger partial charge in [0.05, 0.1) is 5.60 Å². The van der Waals surface area contributed by atoms with Crippen molar-refractivity contribution in [2.75, 3.05) is 0 Å². The van der Waals surface area contributed by atoms with Gasteiger partial charge in [-0.2, -0.15) is 0 Å². The van der Waals surface area contributed by atoms with Crippen molar-refractivity contribution >= 4 is 11.3 Å². The smallest absolute Gasteiger partial charge is 0.0960 e. The molecule has 0 saturated heterocycles. The van der Waals surface area contributed by atoms with Crippen molar-refractivity contribution in [2.24, 2.45) is 5.92 Å². The monoisotopic (exact) mass is 196 g/mol. The van der Waals surface area contributed by atoms with Gasteiger partial charge in [0, 0.05) is 4.88 Å². The molecule has 1 nitrogen and oxygen atoms in total. The molecule has 0 bridgehead atoms. The average molecular weight is 196 g/mol. The Labute approximate surface area is 83.4 Å². The Morgan fingerprint density at radius 2 is 2.38 bits per heavy atom. The number of thiophene rings is 1. The SMILES string of the molecule is CC(O)(CCC1CC1)c1cccs1. The van der Waals surface area contributed by atoms with Crippen LogP contribution in [0.4, 0.5) is 0 Å². The standard InChI is InChI=1S/C11H16OS/c1-11(12,7-6-9-4-5-9)10-3-2-8-13-10/h2-3,8-9,12H,4-7H2,1H3. The van der Waals surface area contributed by atoms with Gasteiger partial charge in [-0.1, -0.05) is 18.9 Å². The van der Waals surface area contributed by atoms with Crippen LogP contribution in [-0.2, 0) is 5.60 Å². The van der Waals surface area contributed by atoms with E-state index < -0.39 is 5.60 Å². The third-order valence-corrected chi connectivity index (χ3v) is 3.91. The molecule has 1 aromatic rings. The summed E-state index contributed by atoms with van der Waals surface area (Å²) < 4.78 is 0. The summed E-state index contributed by atoms with van der Waals surface area (Å²) in [6.07, 6.45) is 4.85. The van der Waals surface area contributed by atoms with Crippen molar-refractivity contribution < 1.29 is 5.11 Å². The van der Waals surface area contributed by atoms with Gasteiger partial charge < -0.3 is 5.11 Å². The zero-order valence-corrected chi connectivity index (χ0v) is 8.81. The van der Waals surface area contributed by atoms with Crippen LogP contribution < -0.4 is 0 Å². The highest BCUT2D eigenvalue weighted by molar-refractivity contribution is 7.10. The molecule has 1 atom stereocenters. The molecule has 0 aliphatic heterocycles. The second-order valence-electron chi connectivity index (χ2n) is 4.23. The van der Waals surface area contributed by atoms with Crippen LogP contribution in [0.5, 0.6) is 0 Å². The second-order valence-corrected chi connectivity index (χ2v) is 5.18. The first kappa shape index (κ1) is 9.22. The summed E-state index contributed by atoms with van der Waals surface area (Å²) in [5.74, 6) is 0.909. The molecule has 1 N–H and O–H groups in total. The van der Waals surface area contributed by atoms with Crippen molar-refractivity contribution in [2.45, 2.75) is 38.2 Å². The van der Waals surface area contributed by atoms with Crippen molar-refractivity contribution in [3.05, 3.63) is 22.4 Å². The zero-order chi connectivity index (χ0) is 9.31. The van der Waals surface area contributed by atoms with Gasteiger partial charge in [0.25, 0.3) is 0 Å². The second kappa shape index (κ2) is 3.43. The summed E-state index contributed by atoms with van der Waals surface area (Å²) in [5.41, 5.74) is -0.587. The van der Waals surface area contributed by atoms with E-state index in [1.807, 2.05) is 24.4 Å². The molecule has 72 valence electrons. The largest absolute Gasteiger partial charge is 0.385 e. The lowest BCUT2D eigenvalue weighted by atomic mass is 9.97. The van der Waals surface area contributed by atoms with Gasteiger partial charge in [-0.3, -0.25) is 0 Å². The van der Waals surface area contributed by atoms with Gasteiger partial charge in [-0.05, 0) is 37.1 Å². The minimum Gasteiger partial charge on any atom is -0.385 e. The van der Waals surface area contributed by atoms with Crippen molar-refractivity contribution in [3.63, 3.8) is 0 Å². The Bertz CT molecular complexity index is 260. The molecule has 1 fully saturated rings. The zero-order valence-electron chi connectivity index (χ0n) is 7.99. The molecule has 2 rings (SSSR count). The summed E-state index contributed by atoms with van der Waals surface area (Å²) in [6, 6.07) is 4.03. The maximum absolute atomic E-state index is 10.2. The van der Waals surface area contributed by atoms with Crippen LogP contribution >= 0.6 is 11.3 Å². The fraction of sp³-hybridized carbons (Fsp3) is 0.636. The van der Waals surface area contributed by atoms with Crippen molar-refractivity contribution in [1.82, 2.24) is 0 Å². The van der Waals surface area contributed by atoms with E-state index in [1.54, 1.807) is 11.3 Å². The highest BCUT2D eigenvalue weighted by Gasteiger charge is 2.28. The number of hydrogen-bond acceptors (Lipinski definition) is 2. The van der Waals surface area contributed by atoms with Gasteiger partial charge >= 0.3 is 0 Å². The van der Waals surface area contributed by atoms with Gasteiger partial charge in [-0.25, -0.2) is 0 Å². The third-order valence-electron chi connectivity index (χ3n) is 2.79. The fourth-order valence-electron chi connectivity index (χ4n) is 1.60. The summed E-state index contributed by atoms with van der Waals surface area (Å²) in [6.45, 7) is 1.93. The molecule has 0 amide bonds. The van der Waals surface area contributed by atoms with Crippen LogP contribution in [0.15, 0.2) is 17.5 Å². The lowest BCUT2D eigenvalue weighted by molar-refractivity contribution is 0.0477. The molecule has 1 aliphatic rings. The number of hydrogen-bond donors (Lipinski definition) is 1. The fourth-order valence-corrected chi connectivity index (χ4v) is 2.42. The summed E-state index contributed by atoms with van der Waals surface area (Å²) in [4.78, 5) is 1.10. The molecular formula is C11H16OS. The first-order chi connectivity index (χ1) is 6.18. The first-order valence-corrected chi connectivity index (χ1v) is 5.83. The van der Waals surface area contributed by atoms with E-state index in [1.165, 1.54) is 19.3 Å². The Hall–Kier alpha value is -0.340. The Morgan fingerprint density at radius 3 is 2.92 bits per heavy atom. The van der Waals surface area contributed by atoms with E-state index in [0.717, 1.165) is 17.2 Å². The average Bonchev–Trinajstić information content (AvgIpc) is 2.74. The topological polar surface area (TPSA) is 20.2 Å². The molecule has 0 radical (unpaired) electrons. The van der Waals surface area contributed by atoms with E-state index in [2.05, 4.69) is 0 Å². The van der Waals surface area contributed by atoms with Gasteiger partial charge in [-0.15, -0.1) is 11.3 Å². The Morgan fingerprint density at radius 1 is 1.62 bits per heavy atom. The van der Waals surface area contributed by atoms with Crippen LogP contribution in [0.1, 0.15) is 37.5 Å². The first-order valence-electron chi connectivity index (χ1n) is 4.95. The van der Waals surface area contributed by atoms with E-state index in [0.29, 0.717) is 0 Å². The molecule has 1 aliphatic carbocycles. The van der Waals surface area contributed by atoms with Gasteiger partial charge in [0.15, 0.2) is 0 Å². The molecule has 13 heavy (non-hydrogen) atoms. The van der Waals surface area contributed by atoms with Crippen LogP contribution in [0, 0.1) is 5.92 Å². The van der Waals surface area contributed by atoms with Crippen LogP contribution in [0.3, 0.4) is 0 Å². The predicted molar refractivity (Wildman–Crippen MR) is 55.8 cm³/mol. The Kier molecular flexibility index (Phi) is 2.43. The number of aliphatic hydroxyl groups is 1.